The molecule has 0 aliphatic heterocycles. The van der Waals surface area contributed by atoms with Crippen LogP contribution in [-0.2, 0) is 9.53 Å². The van der Waals surface area contributed by atoms with Crippen LogP contribution in [0.15, 0.2) is 12.1 Å². The Labute approximate surface area is 97.7 Å². The lowest BCUT2D eigenvalue weighted by molar-refractivity contribution is -0.119. The molecule has 0 atom stereocenters. The number of benzene rings is 1. The summed E-state index contributed by atoms with van der Waals surface area (Å²) >= 11 is 0. The molecule has 2 amide bonds. The van der Waals surface area contributed by atoms with Gasteiger partial charge >= 0.3 is 0 Å². The Morgan fingerprint density at radius 2 is 2.12 bits per heavy atom. The first-order chi connectivity index (χ1) is 7.97. The average Bonchev–Trinajstić information content (AvgIpc) is 2.25. The van der Waals surface area contributed by atoms with E-state index in [1.807, 2.05) is 0 Å². The van der Waals surface area contributed by atoms with Crippen LogP contribution in [0.5, 0.6) is 0 Å². The lowest BCUT2D eigenvalue weighted by atomic mass is 10.1. The second kappa shape index (κ2) is 5.40. The van der Waals surface area contributed by atoms with Gasteiger partial charge in [0.05, 0.1) is 5.69 Å². The van der Waals surface area contributed by atoms with E-state index in [9.17, 15) is 14.0 Å². The quantitative estimate of drug-likeness (QED) is 0.817. The zero-order valence-corrected chi connectivity index (χ0v) is 9.54. The third kappa shape index (κ3) is 3.01. The predicted molar refractivity (Wildman–Crippen MR) is 60.2 cm³/mol. The fraction of sp³-hybridized carbons (Fsp3) is 0.273. The lowest BCUT2D eigenvalue weighted by Crippen LogP contribution is -2.19. The van der Waals surface area contributed by atoms with Gasteiger partial charge in [-0.15, -0.1) is 0 Å². The van der Waals surface area contributed by atoms with Crippen molar-refractivity contribution in [1.29, 1.82) is 0 Å². The van der Waals surface area contributed by atoms with Gasteiger partial charge in [-0.25, -0.2) is 4.39 Å². The van der Waals surface area contributed by atoms with Gasteiger partial charge in [0.1, 0.15) is 12.4 Å². The molecular formula is C11H13FN2O3. The van der Waals surface area contributed by atoms with Gasteiger partial charge in [0.2, 0.25) is 11.8 Å². The maximum absolute atomic E-state index is 13.8. The SMILES string of the molecule is COCC(=O)Nc1ccc(C(N)=O)c(C)c1F. The van der Waals surface area contributed by atoms with Gasteiger partial charge in [0, 0.05) is 12.7 Å². The summed E-state index contributed by atoms with van der Waals surface area (Å²) in [6.45, 7) is 1.25. The van der Waals surface area contributed by atoms with Crippen LogP contribution in [0.25, 0.3) is 0 Å². The minimum atomic E-state index is -0.712. The smallest absolute Gasteiger partial charge is 0.250 e. The number of primary amides is 1. The average molecular weight is 240 g/mol. The van der Waals surface area contributed by atoms with Gasteiger partial charge in [0.15, 0.2) is 0 Å². The molecule has 17 heavy (non-hydrogen) atoms. The van der Waals surface area contributed by atoms with Gasteiger partial charge in [0.25, 0.3) is 0 Å². The predicted octanol–water partition coefficient (Wildman–Crippen LogP) is 0.818. The van der Waals surface area contributed by atoms with Crippen molar-refractivity contribution >= 4 is 17.5 Å². The van der Waals surface area contributed by atoms with Crippen LogP contribution in [0.2, 0.25) is 0 Å². The Morgan fingerprint density at radius 3 is 2.65 bits per heavy atom. The van der Waals surface area contributed by atoms with Gasteiger partial charge in [-0.3, -0.25) is 9.59 Å². The van der Waals surface area contributed by atoms with Crippen molar-refractivity contribution in [3.63, 3.8) is 0 Å². The number of amides is 2. The minimum Gasteiger partial charge on any atom is -0.375 e. The molecule has 0 unspecified atom stereocenters. The highest BCUT2D eigenvalue weighted by Crippen LogP contribution is 2.20. The molecule has 6 heteroatoms. The Balaban J connectivity index is 3.00. The van der Waals surface area contributed by atoms with Crippen molar-refractivity contribution < 1.29 is 18.7 Å². The molecule has 1 aromatic carbocycles. The number of rotatable bonds is 4. The summed E-state index contributed by atoms with van der Waals surface area (Å²) in [5.74, 6) is -1.86. The monoisotopic (exact) mass is 240 g/mol. The molecule has 0 saturated heterocycles. The van der Waals surface area contributed by atoms with E-state index in [4.69, 9.17) is 5.73 Å². The molecule has 0 saturated carbocycles. The summed E-state index contributed by atoms with van der Waals surface area (Å²) in [5, 5.41) is 2.33. The Morgan fingerprint density at radius 1 is 1.47 bits per heavy atom. The largest absolute Gasteiger partial charge is 0.375 e. The number of hydrogen-bond donors (Lipinski definition) is 2. The Hall–Kier alpha value is -1.95. The topological polar surface area (TPSA) is 81.4 Å². The summed E-state index contributed by atoms with van der Waals surface area (Å²) in [5.41, 5.74) is 5.26. The van der Waals surface area contributed by atoms with Crippen LogP contribution in [0.3, 0.4) is 0 Å². The molecular weight excluding hydrogens is 227 g/mol. The van der Waals surface area contributed by atoms with E-state index in [1.54, 1.807) is 0 Å². The van der Waals surface area contributed by atoms with E-state index in [0.29, 0.717) is 0 Å². The number of halogens is 1. The molecule has 92 valence electrons. The van der Waals surface area contributed by atoms with Gasteiger partial charge < -0.3 is 15.8 Å². The van der Waals surface area contributed by atoms with E-state index in [-0.39, 0.29) is 23.4 Å². The van der Waals surface area contributed by atoms with E-state index in [1.165, 1.54) is 26.2 Å². The second-order valence-corrected chi connectivity index (χ2v) is 3.45. The van der Waals surface area contributed by atoms with E-state index in [2.05, 4.69) is 10.1 Å². The molecule has 0 radical (unpaired) electrons. The number of carbonyl (C=O) groups excluding carboxylic acids is 2. The first-order valence-corrected chi connectivity index (χ1v) is 4.85. The Kier molecular flexibility index (Phi) is 4.17. The van der Waals surface area contributed by atoms with Crippen LogP contribution in [0, 0.1) is 12.7 Å². The molecule has 0 spiro atoms. The van der Waals surface area contributed by atoms with Crippen molar-refractivity contribution in [3.05, 3.63) is 29.1 Å². The van der Waals surface area contributed by atoms with Crippen molar-refractivity contribution in [3.8, 4) is 0 Å². The molecule has 0 aliphatic rings. The lowest BCUT2D eigenvalue weighted by Gasteiger charge is -2.09. The number of hydrogen-bond acceptors (Lipinski definition) is 3. The van der Waals surface area contributed by atoms with Crippen LogP contribution < -0.4 is 11.1 Å². The van der Waals surface area contributed by atoms with E-state index >= 15 is 0 Å². The molecule has 1 rings (SSSR count). The fourth-order valence-corrected chi connectivity index (χ4v) is 1.37. The standard InChI is InChI=1S/C11H13FN2O3/c1-6-7(11(13)16)3-4-8(10(6)12)14-9(15)5-17-2/h3-4H,5H2,1-2H3,(H2,13,16)(H,14,15). The van der Waals surface area contributed by atoms with Crippen LogP contribution in [-0.4, -0.2) is 25.5 Å². The zero-order chi connectivity index (χ0) is 13.0. The molecule has 0 heterocycles. The van der Waals surface area contributed by atoms with Gasteiger partial charge in [-0.05, 0) is 24.6 Å². The van der Waals surface area contributed by atoms with Crippen molar-refractivity contribution in [2.75, 3.05) is 19.0 Å². The fourth-order valence-electron chi connectivity index (χ4n) is 1.37. The third-order valence-corrected chi connectivity index (χ3v) is 2.20. The molecule has 0 aromatic heterocycles. The van der Waals surface area contributed by atoms with Crippen molar-refractivity contribution in [2.24, 2.45) is 5.73 Å². The summed E-state index contributed by atoms with van der Waals surface area (Å²) in [7, 11) is 1.36. The summed E-state index contributed by atoms with van der Waals surface area (Å²) in [6, 6.07) is 2.65. The summed E-state index contributed by atoms with van der Waals surface area (Å²) in [4.78, 5) is 22.2. The van der Waals surface area contributed by atoms with Crippen molar-refractivity contribution in [1.82, 2.24) is 0 Å². The zero-order valence-electron chi connectivity index (χ0n) is 9.54. The maximum Gasteiger partial charge on any atom is 0.250 e. The molecule has 0 fully saturated rings. The van der Waals surface area contributed by atoms with Crippen molar-refractivity contribution in [2.45, 2.75) is 6.92 Å². The number of ether oxygens (including phenoxy) is 1. The van der Waals surface area contributed by atoms with Crippen LogP contribution in [0.1, 0.15) is 15.9 Å². The normalized spacial score (nSPS) is 10.1. The van der Waals surface area contributed by atoms with E-state index < -0.39 is 17.6 Å². The first-order valence-electron chi connectivity index (χ1n) is 4.85. The number of nitrogens with one attached hydrogen (secondary N) is 1. The number of anilines is 1. The highest BCUT2D eigenvalue weighted by Gasteiger charge is 2.14. The van der Waals surface area contributed by atoms with Gasteiger partial charge in [-0.2, -0.15) is 0 Å². The minimum absolute atomic E-state index is 0.00505. The molecule has 3 N–H and O–H groups in total. The molecule has 0 aliphatic carbocycles. The van der Waals surface area contributed by atoms with E-state index in [0.717, 1.165) is 0 Å². The molecule has 1 aromatic rings. The van der Waals surface area contributed by atoms with Crippen LogP contribution in [0.4, 0.5) is 10.1 Å². The Bertz CT molecular complexity index is 460. The van der Waals surface area contributed by atoms with Gasteiger partial charge in [-0.1, -0.05) is 0 Å². The number of nitrogens with two attached hydrogens (primary N) is 1. The first kappa shape index (κ1) is 13.1. The third-order valence-electron chi connectivity index (χ3n) is 2.20. The molecule has 5 nitrogen and oxygen atoms in total. The highest BCUT2D eigenvalue weighted by molar-refractivity contribution is 5.96. The van der Waals surface area contributed by atoms with Crippen LogP contribution >= 0.6 is 0 Å². The second-order valence-electron chi connectivity index (χ2n) is 3.45. The number of carbonyl (C=O) groups is 2. The number of methoxy groups -OCH3 is 1. The maximum atomic E-state index is 13.8. The highest BCUT2D eigenvalue weighted by atomic mass is 19.1. The summed E-state index contributed by atoms with van der Waals surface area (Å²) < 4.78 is 18.4. The summed E-state index contributed by atoms with van der Waals surface area (Å²) in [6.07, 6.45) is 0. The molecule has 0 bridgehead atoms.